The predicted octanol–water partition coefficient (Wildman–Crippen LogP) is 0.723. The SMILES string of the molecule is CCCNC(=O)NC(=O)CN1C(=O)NC2(CCCCC2C)C1=O. The van der Waals surface area contributed by atoms with Gasteiger partial charge in [0.05, 0.1) is 0 Å². The van der Waals surface area contributed by atoms with E-state index in [4.69, 9.17) is 0 Å². The first kappa shape index (κ1) is 17.2. The topological polar surface area (TPSA) is 108 Å². The minimum atomic E-state index is -0.889. The molecule has 3 N–H and O–H groups in total. The Morgan fingerprint density at radius 3 is 2.74 bits per heavy atom. The number of hydrogen-bond donors (Lipinski definition) is 3. The molecular formula is C15H24N4O4. The van der Waals surface area contributed by atoms with E-state index in [0.29, 0.717) is 13.0 Å². The molecule has 2 fully saturated rings. The summed E-state index contributed by atoms with van der Waals surface area (Å²) in [5.74, 6) is -1.00. The highest BCUT2D eigenvalue weighted by atomic mass is 16.2. The Labute approximate surface area is 135 Å². The number of urea groups is 2. The van der Waals surface area contributed by atoms with E-state index >= 15 is 0 Å². The van der Waals surface area contributed by atoms with E-state index < -0.39 is 30.1 Å². The van der Waals surface area contributed by atoms with Gasteiger partial charge in [0.1, 0.15) is 12.1 Å². The summed E-state index contributed by atoms with van der Waals surface area (Å²) in [4.78, 5) is 49.0. The van der Waals surface area contributed by atoms with Gasteiger partial charge >= 0.3 is 12.1 Å². The van der Waals surface area contributed by atoms with Gasteiger partial charge in [0.25, 0.3) is 5.91 Å². The van der Waals surface area contributed by atoms with Crippen molar-refractivity contribution in [1.29, 1.82) is 0 Å². The monoisotopic (exact) mass is 324 g/mol. The molecular weight excluding hydrogens is 300 g/mol. The molecule has 8 nitrogen and oxygen atoms in total. The summed E-state index contributed by atoms with van der Waals surface area (Å²) >= 11 is 0. The highest BCUT2D eigenvalue weighted by Crippen LogP contribution is 2.38. The quantitative estimate of drug-likeness (QED) is 0.662. The Morgan fingerprint density at radius 1 is 1.35 bits per heavy atom. The molecule has 1 aliphatic carbocycles. The van der Waals surface area contributed by atoms with Gasteiger partial charge in [0.2, 0.25) is 5.91 Å². The van der Waals surface area contributed by atoms with Crippen molar-refractivity contribution in [3.8, 4) is 0 Å². The van der Waals surface area contributed by atoms with Crippen LogP contribution in [0.5, 0.6) is 0 Å². The van der Waals surface area contributed by atoms with Gasteiger partial charge in [0.15, 0.2) is 0 Å². The number of carbonyl (C=O) groups is 4. The maximum absolute atomic E-state index is 12.7. The van der Waals surface area contributed by atoms with Crippen LogP contribution in [0.15, 0.2) is 0 Å². The number of nitrogens with zero attached hydrogens (tertiary/aromatic N) is 1. The van der Waals surface area contributed by atoms with Crippen molar-refractivity contribution in [3.05, 3.63) is 0 Å². The molecule has 0 radical (unpaired) electrons. The molecule has 0 aromatic carbocycles. The van der Waals surface area contributed by atoms with E-state index in [-0.39, 0.29) is 11.8 Å². The van der Waals surface area contributed by atoms with Crippen molar-refractivity contribution in [1.82, 2.24) is 20.9 Å². The van der Waals surface area contributed by atoms with Gasteiger partial charge in [-0.2, -0.15) is 0 Å². The first-order chi connectivity index (χ1) is 10.9. The zero-order valence-electron chi connectivity index (χ0n) is 13.6. The van der Waals surface area contributed by atoms with Crippen LogP contribution in [-0.2, 0) is 9.59 Å². The minimum Gasteiger partial charge on any atom is -0.338 e. The Hall–Kier alpha value is -2.12. The summed E-state index contributed by atoms with van der Waals surface area (Å²) < 4.78 is 0. The van der Waals surface area contributed by atoms with Crippen molar-refractivity contribution in [3.63, 3.8) is 0 Å². The molecule has 2 rings (SSSR count). The third kappa shape index (κ3) is 3.46. The molecule has 0 aromatic rings. The smallest absolute Gasteiger partial charge is 0.325 e. The number of imide groups is 2. The van der Waals surface area contributed by atoms with Crippen molar-refractivity contribution >= 4 is 23.9 Å². The highest BCUT2D eigenvalue weighted by Gasteiger charge is 2.55. The van der Waals surface area contributed by atoms with Crippen LogP contribution in [0.4, 0.5) is 9.59 Å². The second-order valence-corrected chi connectivity index (χ2v) is 6.24. The lowest BCUT2D eigenvalue weighted by Gasteiger charge is -2.36. The molecule has 23 heavy (non-hydrogen) atoms. The van der Waals surface area contributed by atoms with E-state index in [1.807, 2.05) is 13.8 Å². The first-order valence-corrected chi connectivity index (χ1v) is 8.12. The van der Waals surface area contributed by atoms with Crippen LogP contribution in [0.1, 0.15) is 46.0 Å². The molecule has 0 aromatic heterocycles. The Bertz CT molecular complexity index is 522. The fourth-order valence-corrected chi connectivity index (χ4v) is 3.23. The predicted molar refractivity (Wildman–Crippen MR) is 82.4 cm³/mol. The second-order valence-electron chi connectivity index (χ2n) is 6.24. The maximum Gasteiger partial charge on any atom is 0.325 e. The van der Waals surface area contributed by atoms with Crippen LogP contribution in [0.2, 0.25) is 0 Å². The fraction of sp³-hybridized carbons (Fsp3) is 0.733. The van der Waals surface area contributed by atoms with Crippen LogP contribution >= 0.6 is 0 Å². The average Bonchev–Trinajstić information content (AvgIpc) is 2.73. The minimum absolute atomic E-state index is 0.0358. The number of hydrogen-bond acceptors (Lipinski definition) is 4. The number of rotatable bonds is 4. The summed E-state index contributed by atoms with van der Waals surface area (Å²) in [6.07, 6.45) is 4.11. The maximum atomic E-state index is 12.7. The van der Waals surface area contributed by atoms with Gasteiger partial charge in [-0.15, -0.1) is 0 Å². The normalized spacial score (nSPS) is 27.0. The average molecular weight is 324 g/mol. The lowest BCUT2D eigenvalue weighted by molar-refractivity contribution is -0.137. The summed E-state index contributed by atoms with van der Waals surface area (Å²) in [5, 5.41) is 7.39. The van der Waals surface area contributed by atoms with Gasteiger partial charge in [-0.25, -0.2) is 9.59 Å². The molecule has 6 amide bonds. The van der Waals surface area contributed by atoms with Crippen LogP contribution in [0.3, 0.4) is 0 Å². The molecule has 0 bridgehead atoms. The van der Waals surface area contributed by atoms with E-state index in [0.717, 1.165) is 30.6 Å². The number of carbonyl (C=O) groups excluding carboxylic acids is 4. The Morgan fingerprint density at radius 2 is 2.09 bits per heavy atom. The van der Waals surface area contributed by atoms with E-state index in [9.17, 15) is 19.2 Å². The summed E-state index contributed by atoms with van der Waals surface area (Å²) in [7, 11) is 0. The molecule has 1 saturated heterocycles. The molecule has 2 aliphatic rings. The zero-order chi connectivity index (χ0) is 17.0. The molecule has 1 saturated carbocycles. The van der Waals surface area contributed by atoms with Crippen molar-refractivity contribution in [2.24, 2.45) is 5.92 Å². The van der Waals surface area contributed by atoms with Crippen LogP contribution in [0.25, 0.3) is 0 Å². The fourth-order valence-electron chi connectivity index (χ4n) is 3.23. The molecule has 8 heteroatoms. The molecule has 2 atom stereocenters. The lowest BCUT2D eigenvalue weighted by atomic mass is 9.73. The Kier molecular flexibility index (Phi) is 5.23. The van der Waals surface area contributed by atoms with Crippen LogP contribution in [-0.4, -0.2) is 47.4 Å². The molecule has 128 valence electrons. The van der Waals surface area contributed by atoms with Crippen molar-refractivity contribution < 1.29 is 19.2 Å². The third-order valence-electron chi connectivity index (χ3n) is 4.59. The van der Waals surface area contributed by atoms with Crippen LogP contribution < -0.4 is 16.0 Å². The lowest BCUT2D eigenvalue weighted by Crippen LogP contribution is -2.54. The Balaban J connectivity index is 1.98. The first-order valence-electron chi connectivity index (χ1n) is 8.12. The summed E-state index contributed by atoms with van der Waals surface area (Å²) in [6.45, 7) is 3.83. The largest absolute Gasteiger partial charge is 0.338 e. The van der Waals surface area contributed by atoms with E-state index in [1.165, 1.54) is 0 Å². The zero-order valence-corrected chi connectivity index (χ0v) is 13.6. The third-order valence-corrected chi connectivity index (χ3v) is 4.59. The highest BCUT2D eigenvalue weighted by molar-refractivity contribution is 6.10. The number of amides is 6. The van der Waals surface area contributed by atoms with Gasteiger partial charge in [-0.05, 0) is 25.2 Å². The van der Waals surface area contributed by atoms with Gasteiger partial charge in [-0.3, -0.25) is 19.8 Å². The molecule has 2 unspecified atom stereocenters. The molecule has 1 spiro atoms. The summed E-state index contributed by atoms with van der Waals surface area (Å²) in [5.41, 5.74) is -0.889. The standard InChI is InChI=1S/C15H24N4O4/c1-3-8-16-13(22)17-11(20)9-19-12(21)15(18-14(19)23)7-5-4-6-10(15)2/h10H,3-9H2,1-2H3,(H,18,23)(H2,16,17,20,22). The van der Waals surface area contributed by atoms with Gasteiger partial charge < -0.3 is 10.6 Å². The van der Waals surface area contributed by atoms with Crippen LogP contribution in [0, 0.1) is 5.92 Å². The van der Waals surface area contributed by atoms with E-state index in [2.05, 4.69) is 16.0 Å². The van der Waals surface area contributed by atoms with Gasteiger partial charge in [0, 0.05) is 6.54 Å². The van der Waals surface area contributed by atoms with Crippen molar-refractivity contribution in [2.45, 2.75) is 51.5 Å². The van der Waals surface area contributed by atoms with Gasteiger partial charge in [-0.1, -0.05) is 26.7 Å². The van der Waals surface area contributed by atoms with E-state index in [1.54, 1.807) is 0 Å². The second kappa shape index (κ2) is 6.97. The van der Waals surface area contributed by atoms with Crippen molar-refractivity contribution in [2.75, 3.05) is 13.1 Å². The number of nitrogens with one attached hydrogen (secondary N) is 3. The summed E-state index contributed by atoms with van der Waals surface area (Å²) in [6, 6.07) is -1.18. The molecule has 1 aliphatic heterocycles. The molecule has 1 heterocycles.